The second-order valence-corrected chi connectivity index (χ2v) is 3.22. The molecule has 2 aromatic rings. The van der Waals surface area contributed by atoms with Crippen molar-refractivity contribution < 1.29 is 18.7 Å². The molecular weight excluding hydrogens is 210 g/mol. The van der Waals surface area contributed by atoms with Crippen molar-refractivity contribution in [1.82, 2.24) is 0 Å². The van der Waals surface area contributed by atoms with Gasteiger partial charge in [0.2, 0.25) is 0 Å². The molecule has 0 unspecified atom stereocenters. The number of ether oxygens (including phenoxy) is 2. The first kappa shape index (κ1) is 10.4. The standard InChI is InChI=1S/C11H11NO4/c1-14-8-3-6-4-10(11(12)13)16-7(6)5-9(8)15-2/h3-5H,1-2H3,(H2,12,13). The van der Waals surface area contributed by atoms with Crippen LogP contribution in [0.15, 0.2) is 22.6 Å². The van der Waals surface area contributed by atoms with Crippen LogP contribution in [0.3, 0.4) is 0 Å². The van der Waals surface area contributed by atoms with Crippen LogP contribution in [0.25, 0.3) is 11.0 Å². The van der Waals surface area contributed by atoms with Crippen LogP contribution in [-0.4, -0.2) is 20.1 Å². The van der Waals surface area contributed by atoms with E-state index in [0.717, 1.165) is 5.39 Å². The topological polar surface area (TPSA) is 74.7 Å². The number of methoxy groups -OCH3 is 2. The fourth-order valence-corrected chi connectivity index (χ4v) is 1.49. The van der Waals surface area contributed by atoms with E-state index in [1.54, 1.807) is 25.3 Å². The number of primary amides is 1. The highest BCUT2D eigenvalue weighted by molar-refractivity contribution is 5.95. The number of rotatable bonds is 3. The molecule has 5 nitrogen and oxygen atoms in total. The van der Waals surface area contributed by atoms with Crippen LogP contribution < -0.4 is 15.2 Å². The van der Waals surface area contributed by atoms with Gasteiger partial charge in [0.25, 0.3) is 5.91 Å². The summed E-state index contributed by atoms with van der Waals surface area (Å²) in [5.74, 6) is 0.631. The second kappa shape index (κ2) is 3.77. The minimum Gasteiger partial charge on any atom is -0.493 e. The highest BCUT2D eigenvalue weighted by atomic mass is 16.5. The molecule has 2 N–H and O–H groups in total. The summed E-state index contributed by atoms with van der Waals surface area (Å²) in [6.45, 7) is 0. The largest absolute Gasteiger partial charge is 0.493 e. The van der Waals surface area contributed by atoms with E-state index >= 15 is 0 Å². The molecule has 0 bridgehead atoms. The van der Waals surface area contributed by atoms with Gasteiger partial charge in [-0.2, -0.15) is 0 Å². The third-order valence-electron chi connectivity index (χ3n) is 2.27. The summed E-state index contributed by atoms with van der Waals surface area (Å²) in [7, 11) is 3.07. The average molecular weight is 221 g/mol. The van der Waals surface area contributed by atoms with Gasteiger partial charge in [-0.05, 0) is 12.1 Å². The minimum atomic E-state index is -0.603. The predicted octanol–water partition coefficient (Wildman–Crippen LogP) is 1.55. The van der Waals surface area contributed by atoms with Gasteiger partial charge in [0.1, 0.15) is 5.58 Å². The zero-order chi connectivity index (χ0) is 11.7. The number of hydrogen-bond acceptors (Lipinski definition) is 4. The Morgan fingerprint density at radius 2 is 1.81 bits per heavy atom. The molecule has 0 aliphatic heterocycles. The summed E-state index contributed by atoms with van der Waals surface area (Å²) in [4.78, 5) is 10.9. The molecule has 0 saturated heterocycles. The molecule has 1 aromatic heterocycles. The van der Waals surface area contributed by atoms with Gasteiger partial charge in [0.15, 0.2) is 17.3 Å². The summed E-state index contributed by atoms with van der Waals surface area (Å²) < 4.78 is 15.5. The minimum absolute atomic E-state index is 0.116. The number of carbonyl (C=O) groups is 1. The molecule has 0 fully saturated rings. The Kier molecular flexibility index (Phi) is 2.44. The van der Waals surface area contributed by atoms with Crippen LogP contribution in [0.5, 0.6) is 11.5 Å². The number of benzene rings is 1. The van der Waals surface area contributed by atoms with E-state index in [0.29, 0.717) is 17.1 Å². The van der Waals surface area contributed by atoms with Crippen molar-refractivity contribution in [3.63, 3.8) is 0 Å². The normalized spacial score (nSPS) is 10.4. The molecule has 2 rings (SSSR count). The summed E-state index contributed by atoms with van der Waals surface area (Å²) in [6.07, 6.45) is 0. The number of hydrogen-bond donors (Lipinski definition) is 1. The zero-order valence-electron chi connectivity index (χ0n) is 8.94. The molecule has 1 aromatic carbocycles. The molecule has 0 aliphatic rings. The molecule has 84 valence electrons. The SMILES string of the molecule is COc1cc2cc(C(N)=O)oc2cc1OC. The van der Waals surface area contributed by atoms with Gasteiger partial charge in [-0.25, -0.2) is 0 Å². The van der Waals surface area contributed by atoms with Crippen LogP contribution in [-0.2, 0) is 0 Å². The first-order valence-electron chi connectivity index (χ1n) is 4.61. The lowest BCUT2D eigenvalue weighted by Crippen LogP contribution is -2.08. The van der Waals surface area contributed by atoms with Gasteiger partial charge in [-0.15, -0.1) is 0 Å². The third-order valence-corrected chi connectivity index (χ3v) is 2.27. The average Bonchev–Trinajstić information content (AvgIpc) is 2.69. The lowest BCUT2D eigenvalue weighted by atomic mass is 10.2. The molecule has 1 heterocycles. The van der Waals surface area contributed by atoms with Gasteiger partial charge >= 0.3 is 0 Å². The Labute approximate surface area is 91.7 Å². The van der Waals surface area contributed by atoms with Gasteiger partial charge in [-0.3, -0.25) is 4.79 Å². The number of nitrogens with two attached hydrogens (primary N) is 1. The first-order chi connectivity index (χ1) is 7.65. The van der Waals surface area contributed by atoms with Gasteiger partial charge in [0.05, 0.1) is 14.2 Å². The van der Waals surface area contributed by atoms with Crippen LogP contribution >= 0.6 is 0 Å². The van der Waals surface area contributed by atoms with Crippen LogP contribution in [0.2, 0.25) is 0 Å². The highest BCUT2D eigenvalue weighted by Crippen LogP contribution is 2.33. The Bertz CT molecular complexity index is 503. The molecular formula is C11H11NO4. The van der Waals surface area contributed by atoms with Crippen LogP contribution in [0.4, 0.5) is 0 Å². The maximum atomic E-state index is 10.9. The smallest absolute Gasteiger partial charge is 0.284 e. The predicted molar refractivity (Wildman–Crippen MR) is 57.8 cm³/mol. The summed E-state index contributed by atoms with van der Waals surface area (Å²) in [5.41, 5.74) is 5.66. The van der Waals surface area contributed by atoms with Crippen molar-refractivity contribution in [3.05, 3.63) is 24.0 Å². The van der Waals surface area contributed by atoms with Crippen LogP contribution in [0.1, 0.15) is 10.6 Å². The van der Waals surface area contributed by atoms with E-state index in [1.165, 1.54) is 7.11 Å². The molecule has 5 heteroatoms. The monoisotopic (exact) mass is 221 g/mol. The molecule has 0 saturated carbocycles. The second-order valence-electron chi connectivity index (χ2n) is 3.22. The van der Waals surface area contributed by atoms with Crippen molar-refractivity contribution in [2.45, 2.75) is 0 Å². The molecule has 1 amide bonds. The van der Waals surface area contributed by atoms with E-state index in [1.807, 2.05) is 0 Å². The van der Waals surface area contributed by atoms with Crippen molar-refractivity contribution in [2.24, 2.45) is 5.73 Å². The van der Waals surface area contributed by atoms with E-state index in [2.05, 4.69) is 0 Å². The molecule has 0 atom stereocenters. The number of furan rings is 1. The van der Waals surface area contributed by atoms with Crippen molar-refractivity contribution in [1.29, 1.82) is 0 Å². The van der Waals surface area contributed by atoms with E-state index < -0.39 is 5.91 Å². The van der Waals surface area contributed by atoms with Crippen molar-refractivity contribution in [3.8, 4) is 11.5 Å². The Morgan fingerprint density at radius 1 is 1.19 bits per heavy atom. The van der Waals surface area contributed by atoms with Crippen molar-refractivity contribution >= 4 is 16.9 Å². The highest BCUT2D eigenvalue weighted by Gasteiger charge is 2.12. The summed E-state index contributed by atoms with van der Waals surface area (Å²) in [5, 5.41) is 0.742. The van der Waals surface area contributed by atoms with E-state index in [4.69, 9.17) is 19.6 Å². The van der Waals surface area contributed by atoms with Crippen LogP contribution in [0, 0.1) is 0 Å². The van der Waals surface area contributed by atoms with Gasteiger partial charge in [0, 0.05) is 11.5 Å². The Balaban J connectivity index is 2.64. The molecule has 16 heavy (non-hydrogen) atoms. The molecule has 0 radical (unpaired) electrons. The maximum Gasteiger partial charge on any atom is 0.284 e. The first-order valence-corrected chi connectivity index (χ1v) is 4.61. The maximum absolute atomic E-state index is 10.9. The fraction of sp³-hybridized carbons (Fsp3) is 0.182. The number of carbonyl (C=O) groups excluding carboxylic acids is 1. The van der Waals surface area contributed by atoms with Gasteiger partial charge < -0.3 is 19.6 Å². The van der Waals surface area contributed by atoms with E-state index in [-0.39, 0.29) is 5.76 Å². The van der Waals surface area contributed by atoms with Crippen molar-refractivity contribution in [2.75, 3.05) is 14.2 Å². The summed E-state index contributed by atoms with van der Waals surface area (Å²) in [6, 6.07) is 4.95. The van der Waals surface area contributed by atoms with Gasteiger partial charge in [-0.1, -0.05) is 0 Å². The van der Waals surface area contributed by atoms with E-state index in [9.17, 15) is 4.79 Å². The Morgan fingerprint density at radius 3 is 2.38 bits per heavy atom. The zero-order valence-corrected chi connectivity index (χ0v) is 8.94. The lowest BCUT2D eigenvalue weighted by Gasteiger charge is -2.06. The fourth-order valence-electron chi connectivity index (χ4n) is 1.49. The quantitative estimate of drug-likeness (QED) is 0.853. The molecule has 0 spiro atoms. The number of amides is 1. The molecule has 0 aliphatic carbocycles. The number of fused-ring (bicyclic) bond motifs is 1. The lowest BCUT2D eigenvalue weighted by molar-refractivity contribution is 0.0976. The summed E-state index contributed by atoms with van der Waals surface area (Å²) >= 11 is 0. The Hall–Kier alpha value is -2.17. The third kappa shape index (κ3) is 1.56.